The predicted molar refractivity (Wildman–Crippen MR) is 269 cm³/mol. The Kier molecular flexibility index (Phi) is 51.3. The maximum Gasteiger partial charge on any atom is 0.0786 e. The standard InChI is InChI=1S/C57H118N/c1-5-9-12-15-18-21-24-27-30-33-36-39-42-45-48-51-55-58(54-8-4,56-52-49-46-43-40-37-34-31-28-25-22-19-16-13-10-6-2)57-53-50-47-44-41-38-35-32-29-26-23-20-17-14-11-7-3/h5-57H2,1-4H3/q+1. The molecule has 0 N–H and O–H groups in total. The van der Waals surface area contributed by atoms with E-state index in [1.165, 1.54) is 345 Å². The van der Waals surface area contributed by atoms with E-state index in [1.807, 2.05) is 0 Å². The van der Waals surface area contributed by atoms with Crippen molar-refractivity contribution < 1.29 is 4.48 Å². The Labute approximate surface area is 371 Å². The van der Waals surface area contributed by atoms with Crippen molar-refractivity contribution in [1.29, 1.82) is 0 Å². The second-order valence-corrected chi connectivity index (χ2v) is 20.1. The number of nitrogens with zero attached hydrogens (tertiary/aromatic N) is 1. The van der Waals surface area contributed by atoms with Crippen LogP contribution in [0.4, 0.5) is 0 Å². The summed E-state index contributed by atoms with van der Waals surface area (Å²) in [6.07, 6.45) is 72.2. The number of rotatable bonds is 53. The van der Waals surface area contributed by atoms with Crippen LogP contribution in [-0.4, -0.2) is 30.7 Å². The van der Waals surface area contributed by atoms with Crippen LogP contribution in [-0.2, 0) is 0 Å². The minimum Gasteiger partial charge on any atom is -0.324 e. The third-order valence-corrected chi connectivity index (χ3v) is 14.2. The van der Waals surface area contributed by atoms with Crippen molar-refractivity contribution in [3.63, 3.8) is 0 Å². The highest BCUT2D eigenvalue weighted by atomic mass is 15.3. The Morgan fingerprint density at radius 2 is 0.276 bits per heavy atom. The van der Waals surface area contributed by atoms with Gasteiger partial charge in [0, 0.05) is 0 Å². The molecule has 0 aliphatic rings. The molecule has 0 aromatic carbocycles. The summed E-state index contributed by atoms with van der Waals surface area (Å²) in [5, 5.41) is 0. The van der Waals surface area contributed by atoms with Gasteiger partial charge in [-0.05, 0) is 44.9 Å². The molecule has 0 saturated heterocycles. The lowest BCUT2D eigenvalue weighted by Crippen LogP contribution is -2.50. The zero-order valence-corrected chi connectivity index (χ0v) is 41.9. The number of hydrogen-bond donors (Lipinski definition) is 0. The summed E-state index contributed by atoms with van der Waals surface area (Å²) in [7, 11) is 0. The molecule has 0 aromatic heterocycles. The van der Waals surface area contributed by atoms with Gasteiger partial charge in [-0.3, -0.25) is 0 Å². The summed E-state index contributed by atoms with van der Waals surface area (Å²) >= 11 is 0. The summed E-state index contributed by atoms with van der Waals surface area (Å²) in [5.41, 5.74) is 0. The van der Waals surface area contributed by atoms with Gasteiger partial charge in [0.25, 0.3) is 0 Å². The van der Waals surface area contributed by atoms with Crippen LogP contribution in [0.2, 0.25) is 0 Å². The molecule has 1 heteroatoms. The van der Waals surface area contributed by atoms with Gasteiger partial charge < -0.3 is 4.48 Å². The van der Waals surface area contributed by atoms with Crippen molar-refractivity contribution in [2.24, 2.45) is 0 Å². The third-order valence-electron chi connectivity index (χ3n) is 14.2. The van der Waals surface area contributed by atoms with E-state index >= 15 is 0 Å². The first kappa shape index (κ1) is 58.0. The second-order valence-electron chi connectivity index (χ2n) is 20.1. The first-order valence-electron chi connectivity index (χ1n) is 28.6. The first-order chi connectivity index (χ1) is 28.7. The van der Waals surface area contributed by atoms with Gasteiger partial charge >= 0.3 is 0 Å². The van der Waals surface area contributed by atoms with E-state index in [4.69, 9.17) is 0 Å². The highest BCUT2D eigenvalue weighted by molar-refractivity contribution is 4.56. The fraction of sp³-hybridized carbons (Fsp3) is 1.00. The quantitative estimate of drug-likeness (QED) is 0.0424. The Bertz CT molecular complexity index is 611. The van der Waals surface area contributed by atoms with E-state index in [9.17, 15) is 0 Å². The average Bonchev–Trinajstić information content (AvgIpc) is 3.23. The molecule has 0 aliphatic heterocycles. The van der Waals surface area contributed by atoms with Crippen LogP contribution < -0.4 is 0 Å². The normalized spacial score (nSPS) is 12.0. The van der Waals surface area contributed by atoms with Gasteiger partial charge in [-0.2, -0.15) is 0 Å². The highest BCUT2D eigenvalue weighted by Crippen LogP contribution is 2.21. The van der Waals surface area contributed by atoms with Crippen molar-refractivity contribution in [2.75, 3.05) is 26.2 Å². The molecule has 0 bridgehead atoms. The maximum absolute atomic E-state index is 2.47. The molecular formula is C57H118N+. The molecule has 350 valence electrons. The maximum atomic E-state index is 2.47. The molecule has 0 aliphatic carbocycles. The van der Waals surface area contributed by atoms with E-state index in [-0.39, 0.29) is 0 Å². The lowest BCUT2D eigenvalue weighted by atomic mass is 10.0. The van der Waals surface area contributed by atoms with Crippen LogP contribution in [0.15, 0.2) is 0 Å². The number of unbranched alkanes of at least 4 members (excludes halogenated alkanes) is 45. The Balaban J connectivity index is 4.30. The molecule has 0 saturated carbocycles. The number of hydrogen-bond acceptors (Lipinski definition) is 0. The molecule has 1 nitrogen and oxygen atoms in total. The van der Waals surface area contributed by atoms with Crippen LogP contribution in [0.5, 0.6) is 0 Å². The van der Waals surface area contributed by atoms with Gasteiger partial charge in [-0.15, -0.1) is 0 Å². The Hall–Kier alpha value is -0.0400. The van der Waals surface area contributed by atoms with Crippen LogP contribution in [0.25, 0.3) is 0 Å². The van der Waals surface area contributed by atoms with Gasteiger partial charge in [0.2, 0.25) is 0 Å². The fourth-order valence-electron chi connectivity index (χ4n) is 10.1. The van der Waals surface area contributed by atoms with E-state index in [2.05, 4.69) is 27.7 Å². The molecule has 0 amide bonds. The summed E-state index contributed by atoms with van der Waals surface area (Å²) < 4.78 is 1.46. The molecule has 0 aromatic rings. The van der Waals surface area contributed by atoms with Crippen LogP contribution in [0, 0.1) is 0 Å². The second kappa shape index (κ2) is 51.3. The monoisotopic (exact) mass is 817 g/mol. The van der Waals surface area contributed by atoms with E-state index in [0.717, 1.165) is 0 Å². The zero-order valence-electron chi connectivity index (χ0n) is 41.9. The third kappa shape index (κ3) is 45.5. The summed E-state index contributed by atoms with van der Waals surface area (Å²) in [5.74, 6) is 0. The number of quaternary nitrogens is 1. The van der Waals surface area contributed by atoms with Crippen molar-refractivity contribution in [3.05, 3.63) is 0 Å². The highest BCUT2D eigenvalue weighted by Gasteiger charge is 2.25. The minimum atomic E-state index is 1.37. The lowest BCUT2D eigenvalue weighted by molar-refractivity contribution is -0.929. The van der Waals surface area contributed by atoms with Crippen LogP contribution in [0.3, 0.4) is 0 Å². The van der Waals surface area contributed by atoms with Crippen LogP contribution >= 0.6 is 0 Å². The summed E-state index contributed by atoms with van der Waals surface area (Å²) in [6, 6.07) is 0. The van der Waals surface area contributed by atoms with Crippen molar-refractivity contribution in [2.45, 2.75) is 342 Å². The van der Waals surface area contributed by atoms with E-state index in [1.54, 1.807) is 0 Å². The lowest BCUT2D eigenvalue weighted by Gasteiger charge is -2.39. The average molecular weight is 818 g/mol. The van der Waals surface area contributed by atoms with Gasteiger partial charge in [-0.1, -0.05) is 297 Å². The largest absolute Gasteiger partial charge is 0.324 e. The molecule has 0 radical (unpaired) electrons. The summed E-state index contributed by atoms with van der Waals surface area (Å²) in [6.45, 7) is 15.3. The van der Waals surface area contributed by atoms with E-state index < -0.39 is 0 Å². The van der Waals surface area contributed by atoms with Gasteiger partial charge in [-0.25, -0.2) is 0 Å². The predicted octanol–water partition coefficient (Wildman–Crippen LogP) is 21.0. The van der Waals surface area contributed by atoms with Gasteiger partial charge in [0.1, 0.15) is 0 Å². The van der Waals surface area contributed by atoms with Crippen molar-refractivity contribution >= 4 is 0 Å². The molecule has 0 spiro atoms. The molecule has 0 rings (SSSR count). The molecule has 58 heavy (non-hydrogen) atoms. The first-order valence-corrected chi connectivity index (χ1v) is 28.6. The fourth-order valence-corrected chi connectivity index (χ4v) is 10.1. The Morgan fingerprint density at radius 1 is 0.138 bits per heavy atom. The molecule has 0 heterocycles. The molecule has 0 fully saturated rings. The van der Waals surface area contributed by atoms with Crippen LogP contribution in [0.1, 0.15) is 342 Å². The SMILES string of the molecule is CCCCCCCCCCCCCCCCCC[N+](CCC)(CCCCCCCCCCCCCCCCCC)CCCCCCCCCCCCCCCCCC. The minimum absolute atomic E-state index is 1.37. The van der Waals surface area contributed by atoms with E-state index in [0.29, 0.717) is 0 Å². The Morgan fingerprint density at radius 3 is 0.414 bits per heavy atom. The summed E-state index contributed by atoms with van der Waals surface area (Å²) in [4.78, 5) is 0. The van der Waals surface area contributed by atoms with Gasteiger partial charge in [0.15, 0.2) is 0 Å². The van der Waals surface area contributed by atoms with Crippen molar-refractivity contribution in [1.82, 2.24) is 0 Å². The molecule has 0 unspecified atom stereocenters. The molecule has 0 atom stereocenters. The zero-order chi connectivity index (χ0) is 42.0. The topological polar surface area (TPSA) is 0 Å². The van der Waals surface area contributed by atoms with Gasteiger partial charge in [0.05, 0.1) is 26.2 Å². The van der Waals surface area contributed by atoms with Crippen molar-refractivity contribution in [3.8, 4) is 0 Å². The smallest absolute Gasteiger partial charge is 0.0786 e. The molecular weight excluding hydrogens is 699 g/mol.